The van der Waals surface area contributed by atoms with Gasteiger partial charge in [-0.25, -0.2) is 9.97 Å². The summed E-state index contributed by atoms with van der Waals surface area (Å²) in [6, 6.07) is 7.87. The molecule has 2 amide bonds. The number of fused-ring (bicyclic) bond motifs is 3. The van der Waals surface area contributed by atoms with Crippen molar-refractivity contribution < 1.29 is 9.59 Å². The van der Waals surface area contributed by atoms with Gasteiger partial charge in [0, 0.05) is 43.5 Å². The van der Waals surface area contributed by atoms with Gasteiger partial charge in [-0.1, -0.05) is 0 Å². The Bertz CT molecular complexity index is 1180. The normalized spacial score (nSPS) is 16.3. The molecule has 0 atom stereocenters. The lowest BCUT2D eigenvalue weighted by Crippen LogP contribution is -2.37. The van der Waals surface area contributed by atoms with Crippen molar-refractivity contribution in [1.82, 2.24) is 19.4 Å². The SMILES string of the molecule is CC(=O)N1CCC(CC(=O)Nc2ccc(-n3c4c(c5ncnc(N)c53)CCC4)cc2)CC1. The van der Waals surface area contributed by atoms with E-state index in [1.807, 2.05) is 29.2 Å². The lowest BCUT2D eigenvalue weighted by molar-refractivity contribution is -0.130. The molecule has 0 radical (unpaired) electrons. The lowest BCUT2D eigenvalue weighted by atomic mass is 9.93. The molecule has 1 saturated heterocycles. The first-order valence-electron chi connectivity index (χ1n) is 11.3. The summed E-state index contributed by atoms with van der Waals surface area (Å²) in [5, 5.41) is 3.02. The number of nitrogens with zero attached hydrogens (tertiary/aromatic N) is 4. The number of aryl methyl sites for hydroxylation is 1. The van der Waals surface area contributed by atoms with Gasteiger partial charge in [-0.3, -0.25) is 9.59 Å². The average molecular weight is 433 g/mol. The molecule has 166 valence electrons. The van der Waals surface area contributed by atoms with E-state index in [0.717, 1.165) is 67.6 Å². The molecule has 8 heteroatoms. The van der Waals surface area contributed by atoms with E-state index >= 15 is 0 Å². The molecule has 8 nitrogen and oxygen atoms in total. The van der Waals surface area contributed by atoms with Crippen LogP contribution in [0, 0.1) is 5.92 Å². The molecule has 0 saturated carbocycles. The number of benzene rings is 1. The van der Waals surface area contributed by atoms with E-state index in [4.69, 9.17) is 5.73 Å². The molecule has 5 rings (SSSR count). The monoisotopic (exact) mass is 432 g/mol. The van der Waals surface area contributed by atoms with E-state index in [9.17, 15) is 9.59 Å². The Hall–Kier alpha value is -3.42. The predicted octanol–water partition coefficient (Wildman–Crippen LogP) is 3.08. The molecule has 0 bridgehead atoms. The molecule has 2 aliphatic rings. The number of nitrogen functional groups attached to an aromatic ring is 1. The van der Waals surface area contributed by atoms with Crippen LogP contribution in [0.5, 0.6) is 0 Å². The van der Waals surface area contributed by atoms with Crippen molar-refractivity contribution in [3.05, 3.63) is 41.9 Å². The minimum atomic E-state index is 0.0176. The van der Waals surface area contributed by atoms with E-state index in [-0.39, 0.29) is 11.8 Å². The highest BCUT2D eigenvalue weighted by molar-refractivity contribution is 5.92. The summed E-state index contributed by atoms with van der Waals surface area (Å²) in [5.74, 6) is 0.936. The first-order chi connectivity index (χ1) is 15.5. The largest absolute Gasteiger partial charge is 0.382 e. The van der Waals surface area contributed by atoms with E-state index in [1.54, 1.807) is 6.92 Å². The van der Waals surface area contributed by atoms with Gasteiger partial charge >= 0.3 is 0 Å². The fourth-order valence-electron chi connectivity index (χ4n) is 5.10. The number of likely N-dealkylation sites (tertiary alicyclic amines) is 1. The molecule has 1 aromatic carbocycles. The number of carbonyl (C=O) groups is 2. The van der Waals surface area contributed by atoms with Gasteiger partial charge in [0.25, 0.3) is 0 Å². The third-order valence-electron chi connectivity index (χ3n) is 6.76. The van der Waals surface area contributed by atoms with Gasteiger partial charge in [0.2, 0.25) is 11.8 Å². The molecule has 3 N–H and O–H groups in total. The number of hydrogen-bond donors (Lipinski definition) is 2. The quantitative estimate of drug-likeness (QED) is 0.659. The highest BCUT2D eigenvalue weighted by Crippen LogP contribution is 2.36. The number of piperidine rings is 1. The van der Waals surface area contributed by atoms with Gasteiger partial charge < -0.3 is 20.5 Å². The average Bonchev–Trinajstić information content (AvgIpc) is 3.37. The summed E-state index contributed by atoms with van der Waals surface area (Å²) in [5.41, 5.74) is 12.3. The molecule has 0 unspecified atom stereocenters. The lowest BCUT2D eigenvalue weighted by Gasteiger charge is -2.30. The van der Waals surface area contributed by atoms with Crippen LogP contribution in [0.2, 0.25) is 0 Å². The van der Waals surface area contributed by atoms with Crippen LogP contribution in [-0.2, 0) is 22.4 Å². The van der Waals surface area contributed by atoms with Gasteiger partial charge in [0.05, 0.1) is 5.52 Å². The third kappa shape index (κ3) is 3.70. The summed E-state index contributed by atoms with van der Waals surface area (Å²) in [4.78, 5) is 34.6. The van der Waals surface area contributed by atoms with Crippen molar-refractivity contribution in [2.75, 3.05) is 24.1 Å². The fourth-order valence-corrected chi connectivity index (χ4v) is 5.10. The van der Waals surface area contributed by atoms with Crippen LogP contribution in [0.3, 0.4) is 0 Å². The van der Waals surface area contributed by atoms with Crippen molar-refractivity contribution in [2.45, 2.75) is 45.4 Å². The second kappa shape index (κ2) is 8.26. The minimum absolute atomic E-state index is 0.0176. The van der Waals surface area contributed by atoms with Crippen molar-refractivity contribution in [1.29, 1.82) is 0 Å². The first kappa shape index (κ1) is 20.5. The maximum atomic E-state index is 12.6. The summed E-state index contributed by atoms with van der Waals surface area (Å²) < 4.78 is 2.17. The first-order valence-corrected chi connectivity index (χ1v) is 11.3. The molecule has 32 heavy (non-hydrogen) atoms. The molecular weight excluding hydrogens is 404 g/mol. The molecule has 1 aliphatic heterocycles. The van der Waals surface area contributed by atoms with E-state index < -0.39 is 0 Å². The van der Waals surface area contributed by atoms with Gasteiger partial charge in [-0.2, -0.15) is 0 Å². The Kier molecular flexibility index (Phi) is 5.28. The van der Waals surface area contributed by atoms with Crippen molar-refractivity contribution in [3.63, 3.8) is 0 Å². The summed E-state index contributed by atoms with van der Waals surface area (Å²) in [6.45, 7) is 3.08. The van der Waals surface area contributed by atoms with Crippen molar-refractivity contribution in [2.24, 2.45) is 5.92 Å². The summed E-state index contributed by atoms with van der Waals surface area (Å²) >= 11 is 0. The maximum absolute atomic E-state index is 12.6. The zero-order chi connectivity index (χ0) is 22.2. The smallest absolute Gasteiger partial charge is 0.224 e. The van der Waals surface area contributed by atoms with Crippen LogP contribution in [0.25, 0.3) is 16.7 Å². The molecule has 3 heterocycles. The van der Waals surface area contributed by atoms with E-state index in [1.165, 1.54) is 17.6 Å². The summed E-state index contributed by atoms with van der Waals surface area (Å²) in [7, 11) is 0. The number of carbonyl (C=O) groups excluding carboxylic acids is 2. The van der Waals surface area contributed by atoms with Gasteiger partial charge in [-0.05, 0) is 67.9 Å². The highest BCUT2D eigenvalue weighted by Gasteiger charge is 2.25. The molecule has 1 fully saturated rings. The van der Waals surface area contributed by atoms with Crippen LogP contribution in [0.15, 0.2) is 30.6 Å². The molecule has 1 aliphatic carbocycles. The van der Waals surface area contributed by atoms with Gasteiger partial charge in [-0.15, -0.1) is 0 Å². The van der Waals surface area contributed by atoms with Crippen molar-refractivity contribution >= 4 is 34.4 Å². The van der Waals surface area contributed by atoms with Crippen LogP contribution in [-0.4, -0.2) is 44.3 Å². The van der Waals surface area contributed by atoms with E-state index in [2.05, 4.69) is 19.9 Å². The van der Waals surface area contributed by atoms with Crippen LogP contribution in [0.1, 0.15) is 43.9 Å². The number of amides is 2. The Balaban J connectivity index is 1.30. The summed E-state index contributed by atoms with van der Waals surface area (Å²) in [6.07, 6.45) is 6.88. The minimum Gasteiger partial charge on any atom is -0.382 e. The van der Waals surface area contributed by atoms with Gasteiger partial charge in [0.1, 0.15) is 11.8 Å². The molecular formula is C24H28N6O2. The standard InChI is InChI=1S/C24H28N6O2/c1-15(31)29-11-9-16(10-12-29)13-21(32)28-17-5-7-18(8-6-17)30-20-4-2-3-19(20)22-23(30)24(25)27-14-26-22/h5-8,14,16H,2-4,9-13H2,1H3,(H,28,32)(H2,25,26,27). The number of anilines is 2. The Morgan fingerprint density at radius 1 is 1.12 bits per heavy atom. The zero-order valence-electron chi connectivity index (χ0n) is 18.3. The van der Waals surface area contributed by atoms with Gasteiger partial charge in [0.15, 0.2) is 5.82 Å². The Morgan fingerprint density at radius 3 is 2.59 bits per heavy atom. The highest BCUT2D eigenvalue weighted by atomic mass is 16.2. The second-order valence-electron chi connectivity index (χ2n) is 8.82. The topological polar surface area (TPSA) is 106 Å². The molecule has 3 aromatic rings. The molecule has 0 spiro atoms. The van der Waals surface area contributed by atoms with Crippen LogP contribution >= 0.6 is 0 Å². The predicted molar refractivity (Wildman–Crippen MR) is 124 cm³/mol. The van der Waals surface area contributed by atoms with E-state index in [0.29, 0.717) is 18.2 Å². The van der Waals surface area contributed by atoms with Crippen molar-refractivity contribution in [3.8, 4) is 5.69 Å². The van der Waals surface area contributed by atoms with Crippen LogP contribution in [0.4, 0.5) is 11.5 Å². The number of rotatable bonds is 4. The molecule has 2 aromatic heterocycles. The number of hydrogen-bond acceptors (Lipinski definition) is 5. The number of nitrogens with one attached hydrogen (secondary N) is 1. The Labute approximate surface area is 186 Å². The number of aromatic nitrogens is 3. The number of nitrogens with two attached hydrogens (primary N) is 1. The fraction of sp³-hybridized carbons (Fsp3) is 0.417. The zero-order valence-corrected chi connectivity index (χ0v) is 18.3. The Morgan fingerprint density at radius 2 is 1.88 bits per heavy atom. The maximum Gasteiger partial charge on any atom is 0.224 e. The third-order valence-corrected chi connectivity index (χ3v) is 6.76. The van der Waals surface area contributed by atoms with Crippen LogP contribution < -0.4 is 11.1 Å². The second-order valence-corrected chi connectivity index (χ2v) is 8.82.